The van der Waals surface area contributed by atoms with Gasteiger partial charge in [0, 0.05) is 23.6 Å². The van der Waals surface area contributed by atoms with Crippen LogP contribution in [-0.2, 0) is 4.79 Å². The fourth-order valence-corrected chi connectivity index (χ4v) is 3.24. The van der Waals surface area contributed by atoms with Crippen LogP contribution in [0.2, 0.25) is 0 Å². The molecule has 0 fully saturated rings. The van der Waals surface area contributed by atoms with Crippen LogP contribution in [0.25, 0.3) is 0 Å². The molecule has 0 aliphatic carbocycles. The van der Waals surface area contributed by atoms with Crippen molar-refractivity contribution in [2.75, 3.05) is 11.1 Å². The Morgan fingerprint density at radius 1 is 1.28 bits per heavy atom. The predicted molar refractivity (Wildman–Crippen MR) is 95.8 cm³/mol. The number of pyridine rings is 1. The summed E-state index contributed by atoms with van der Waals surface area (Å²) in [6, 6.07) is 9.98. The number of benzene rings is 1. The topological polar surface area (TPSA) is 103 Å². The molecule has 6 nitrogen and oxygen atoms in total. The lowest BCUT2D eigenvalue weighted by Crippen LogP contribution is -2.12. The van der Waals surface area contributed by atoms with E-state index >= 15 is 0 Å². The van der Waals surface area contributed by atoms with Crippen LogP contribution in [-0.4, -0.2) is 27.7 Å². The maximum absolute atomic E-state index is 12.0. The largest absolute Gasteiger partial charge is 0.478 e. The second-order valence-corrected chi connectivity index (χ2v) is 6.49. The third kappa shape index (κ3) is 5.06. The van der Waals surface area contributed by atoms with Crippen molar-refractivity contribution in [2.45, 2.75) is 25.3 Å². The average molecular weight is 355 g/mol. The van der Waals surface area contributed by atoms with Crippen LogP contribution in [0, 0.1) is 25.2 Å². The number of carbonyl (C=O) groups excluding carboxylic acids is 1. The number of carbonyl (C=O) groups is 2. The third-order valence-electron chi connectivity index (χ3n) is 3.41. The van der Waals surface area contributed by atoms with Crippen molar-refractivity contribution in [2.24, 2.45) is 0 Å². The number of hydrogen-bond acceptors (Lipinski definition) is 5. The van der Waals surface area contributed by atoms with E-state index in [4.69, 9.17) is 5.11 Å². The van der Waals surface area contributed by atoms with E-state index in [2.05, 4.69) is 16.4 Å². The van der Waals surface area contributed by atoms with Crippen LogP contribution < -0.4 is 5.32 Å². The molecule has 25 heavy (non-hydrogen) atoms. The number of nitrogens with zero attached hydrogens (tertiary/aromatic N) is 2. The Balaban J connectivity index is 1.91. The van der Waals surface area contributed by atoms with Gasteiger partial charge in [0.15, 0.2) is 0 Å². The summed E-state index contributed by atoms with van der Waals surface area (Å²) in [5, 5.41) is 21.4. The Hall–Kier alpha value is -2.85. The predicted octanol–water partition coefficient (Wildman–Crippen LogP) is 3.39. The Morgan fingerprint density at radius 2 is 1.96 bits per heavy atom. The van der Waals surface area contributed by atoms with E-state index in [1.807, 2.05) is 19.9 Å². The Bertz CT molecular complexity index is 842. The number of anilines is 1. The van der Waals surface area contributed by atoms with Gasteiger partial charge >= 0.3 is 5.97 Å². The van der Waals surface area contributed by atoms with Crippen LogP contribution in [0.5, 0.6) is 0 Å². The molecule has 1 heterocycles. The van der Waals surface area contributed by atoms with Gasteiger partial charge in [-0.15, -0.1) is 11.8 Å². The minimum absolute atomic E-state index is 0.165. The SMILES string of the molecule is Cc1cc(C)c(C#N)c(SCCC(=O)Nc2ccc(C(=O)O)cc2)n1. The minimum atomic E-state index is -1.01. The van der Waals surface area contributed by atoms with E-state index in [9.17, 15) is 14.9 Å². The first-order valence-electron chi connectivity index (χ1n) is 7.55. The number of carboxylic acid groups (broad SMARTS) is 1. The molecule has 128 valence electrons. The van der Waals surface area contributed by atoms with E-state index in [-0.39, 0.29) is 17.9 Å². The molecule has 2 rings (SSSR count). The first-order valence-corrected chi connectivity index (χ1v) is 8.53. The van der Waals surface area contributed by atoms with Crippen molar-refractivity contribution >= 4 is 29.3 Å². The van der Waals surface area contributed by atoms with Gasteiger partial charge < -0.3 is 10.4 Å². The molecule has 1 aromatic heterocycles. The van der Waals surface area contributed by atoms with Crippen molar-refractivity contribution < 1.29 is 14.7 Å². The molecular formula is C18H17N3O3S. The van der Waals surface area contributed by atoms with Crippen molar-refractivity contribution in [1.29, 1.82) is 5.26 Å². The normalized spacial score (nSPS) is 10.1. The molecule has 7 heteroatoms. The van der Waals surface area contributed by atoms with Gasteiger partial charge in [0.25, 0.3) is 0 Å². The van der Waals surface area contributed by atoms with Gasteiger partial charge in [0.05, 0.1) is 11.1 Å². The Morgan fingerprint density at radius 3 is 2.56 bits per heavy atom. The number of nitrogens with one attached hydrogen (secondary N) is 1. The van der Waals surface area contributed by atoms with Crippen molar-refractivity contribution in [3.05, 3.63) is 52.7 Å². The zero-order valence-electron chi connectivity index (χ0n) is 13.9. The smallest absolute Gasteiger partial charge is 0.335 e. The van der Waals surface area contributed by atoms with Gasteiger partial charge in [0.1, 0.15) is 11.1 Å². The second kappa shape index (κ2) is 8.31. The maximum Gasteiger partial charge on any atom is 0.335 e. The number of rotatable bonds is 6. The second-order valence-electron chi connectivity index (χ2n) is 5.40. The number of carboxylic acids is 1. The first kappa shape index (κ1) is 18.5. The third-order valence-corrected chi connectivity index (χ3v) is 4.38. The molecule has 0 radical (unpaired) electrons. The van der Waals surface area contributed by atoms with E-state index in [0.29, 0.717) is 22.0 Å². The lowest BCUT2D eigenvalue weighted by Gasteiger charge is -2.08. The number of thioether (sulfide) groups is 1. The zero-order chi connectivity index (χ0) is 18.4. The number of hydrogen-bond donors (Lipinski definition) is 2. The molecule has 2 aromatic rings. The zero-order valence-corrected chi connectivity index (χ0v) is 14.7. The van der Waals surface area contributed by atoms with Gasteiger partial charge in [-0.05, 0) is 49.7 Å². The highest BCUT2D eigenvalue weighted by Gasteiger charge is 2.10. The minimum Gasteiger partial charge on any atom is -0.478 e. The first-order chi connectivity index (χ1) is 11.9. The van der Waals surface area contributed by atoms with Gasteiger partial charge in [-0.3, -0.25) is 4.79 Å². The number of amides is 1. The van der Waals surface area contributed by atoms with Gasteiger partial charge in [0.2, 0.25) is 5.91 Å². The maximum atomic E-state index is 12.0. The van der Waals surface area contributed by atoms with Crippen molar-refractivity contribution in [3.8, 4) is 6.07 Å². The number of aryl methyl sites for hydroxylation is 2. The summed E-state index contributed by atoms with van der Waals surface area (Å²) in [5.74, 6) is -0.703. The molecule has 2 N–H and O–H groups in total. The van der Waals surface area contributed by atoms with E-state index in [1.54, 1.807) is 12.1 Å². The van der Waals surface area contributed by atoms with E-state index < -0.39 is 5.97 Å². The van der Waals surface area contributed by atoms with Crippen molar-refractivity contribution in [1.82, 2.24) is 4.98 Å². The number of nitriles is 1. The summed E-state index contributed by atoms with van der Waals surface area (Å²) in [6.45, 7) is 3.73. The van der Waals surface area contributed by atoms with Crippen LogP contribution in [0.15, 0.2) is 35.4 Å². The number of aromatic carboxylic acids is 1. The highest BCUT2D eigenvalue weighted by Crippen LogP contribution is 2.24. The summed E-state index contributed by atoms with van der Waals surface area (Å²) in [5.41, 5.74) is 2.96. The molecule has 0 saturated carbocycles. The molecule has 0 unspecified atom stereocenters. The lowest BCUT2D eigenvalue weighted by molar-refractivity contribution is -0.115. The van der Waals surface area contributed by atoms with Crippen molar-refractivity contribution in [3.63, 3.8) is 0 Å². The van der Waals surface area contributed by atoms with Crippen LogP contribution >= 0.6 is 11.8 Å². The van der Waals surface area contributed by atoms with Crippen LogP contribution in [0.3, 0.4) is 0 Å². The number of aromatic nitrogens is 1. The van der Waals surface area contributed by atoms with Crippen LogP contribution in [0.4, 0.5) is 5.69 Å². The summed E-state index contributed by atoms with van der Waals surface area (Å²) >= 11 is 1.37. The molecule has 0 atom stereocenters. The van der Waals surface area contributed by atoms with E-state index in [0.717, 1.165) is 11.3 Å². The quantitative estimate of drug-likeness (QED) is 0.770. The molecule has 0 spiro atoms. The molecule has 0 aliphatic heterocycles. The molecule has 0 saturated heterocycles. The van der Waals surface area contributed by atoms with Gasteiger partial charge in [-0.25, -0.2) is 9.78 Å². The average Bonchev–Trinajstić information content (AvgIpc) is 2.55. The van der Waals surface area contributed by atoms with Crippen LogP contribution in [0.1, 0.15) is 33.6 Å². The molecule has 0 aliphatic rings. The highest BCUT2D eigenvalue weighted by atomic mass is 32.2. The summed E-state index contributed by atoms with van der Waals surface area (Å²) in [4.78, 5) is 27.1. The standard InChI is InChI=1S/C18H17N3O3S/c1-11-9-12(2)20-17(15(11)10-19)25-8-7-16(22)21-14-5-3-13(4-6-14)18(23)24/h3-6,9H,7-8H2,1-2H3,(H,21,22)(H,23,24). The Labute approximate surface area is 149 Å². The molecule has 0 bridgehead atoms. The molecular weight excluding hydrogens is 338 g/mol. The molecule has 1 amide bonds. The lowest BCUT2D eigenvalue weighted by atomic mass is 10.1. The fraction of sp³-hybridized carbons (Fsp3) is 0.222. The van der Waals surface area contributed by atoms with Gasteiger partial charge in [-0.2, -0.15) is 5.26 Å². The van der Waals surface area contributed by atoms with E-state index in [1.165, 1.54) is 23.9 Å². The van der Waals surface area contributed by atoms with Gasteiger partial charge in [-0.1, -0.05) is 0 Å². The summed E-state index contributed by atoms with van der Waals surface area (Å²) in [6.07, 6.45) is 0.255. The fourth-order valence-electron chi connectivity index (χ4n) is 2.20. The summed E-state index contributed by atoms with van der Waals surface area (Å²) in [7, 11) is 0. The highest BCUT2D eigenvalue weighted by molar-refractivity contribution is 7.99. The Kier molecular flexibility index (Phi) is 6.14. The summed E-state index contributed by atoms with van der Waals surface area (Å²) < 4.78 is 0. The monoisotopic (exact) mass is 355 g/mol. The molecule has 1 aromatic carbocycles.